The third-order valence-corrected chi connectivity index (χ3v) is 12.8. The lowest BCUT2D eigenvalue weighted by Gasteiger charge is -2.73. The van der Waals surface area contributed by atoms with Crippen molar-refractivity contribution in [3.8, 4) is 0 Å². The van der Waals surface area contributed by atoms with Crippen LogP contribution in [0.5, 0.6) is 0 Å². The maximum absolute atomic E-state index is 12.8. The highest BCUT2D eigenvalue weighted by Crippen LogP contribution is 2.76. The van der Waals surface area contributed by atoms with Crippen molar-refractivity contribution in [1.29, 1.82) is 0 Å². The van der Waals surface area contributed by atoms with Gasteiger partial charge in [0.1, 0.15) is 5.78 Å². The van der Waals surface area contributed by atoms with Gasteiger partial charge in [-0.1, -0.05) is 53.2 Å². The van der Waals surface area contributed by atoms with Crippen molar-refractivity contribution in [3.05, 3.63) is 11.6 Å². The Labute approximate surface area is 192 Å². The van der Waals surface area contributed by atoms with Gasteiger partial charge in [0.2, 0.25) is 0 Å². The molecule has 3 unspecified atom stereocenters. The van der Waals surface area contributed by atoms with Crippen LogP contribution in [0.15, 0.2) is 11.6 Å². The van der Waals surface area contributed by atoms with E-state index in [9.17, 15) is 4.79 Å². The van der Waals surface area contributed by atoms with Gasteiger partial charge in [-0.3, -0.25) is 4.79 Å². The van der Waals surface area contributed by atoms with E-state index in [1.54, 1.807) is 0 Å². The average Bonchev–Trinajstić information content (AvgIpc) is 2.68. The minimum absolute atomic E-state index is 0.239. The monoisotopic (exact) mass is 424 g/mol. The smallest absolute Gasteiger partial charge is 0.142 e. The van der Waals surface area contributed by atoms with E-state index in [0.717, 1.165) is 24.7 Å². The highest BCUT2D eigenvalue weighted by molar-refractivity contribution is 5.88. The summed E-state index contributed by atoms with van der Waals surface area (Å²) >= 11 is 0. The van der Waals surface area contributed by atoms with Crippen LogP contribution in [-0.2, 0) is 4.79 Å². The number of carbonyl (C=O) groups excluding carboxylic acids is 1. The molecule has 0 saturated heterocycles. The lowest BCUT2D eigenvalue weighted by molar-refractivity contribution is -0.229. The number of Topliss-reactive ketones (excluding diaryl/α,β-unsaturated/α-hetero) is 1. The summed E-state index contributed by atoms with van der Waals surface area (Å²) in [5.41, 5.74) is 3.56. The topological polar surface area (TPSA) is 17.1 Å². The second-order valence-corrected chi connectivity index (χ2v) is 15.0. The van der Waals surface area contributed by atoms with E-state index in [2.05, 4.69) is 61.5 Å². The van der Waals surface area contributed by atoms with Gasteiger partial charge in [-0.25, -0.2) is 0 Å². The van der Waals surface area contributed by atoms with Crippen LogP contribution in [0.1, 0.15) is 120 Å². The Kier molecular flexibility index (Phi) is 4.51. The number of rotatable bonds is 0. The third kappa shape index (κ3) is 2.70. The molecule has 0 spiro atoms. The predicted octanol–water partition coefficient (Wildman–Crippen LogP) is 8.38. The second kappa shape index (κ2) is 6.29. The lowest BCUT2D eigenvalue weighted by Crippen LogP contribution is -2.65. The summed E-state index contributed by atoms with van der Waals surface area (Å²) in [7, 11) is 0. The van der Waals surface area contributed by atoms with E-state index in [1.807, 2.05) is 0 Å². The van der Waals surface area contributed by atoms with Crippen LogP contribution >= 0.6 is 0 Å². The summed E-state index contributed by atoms with van der Waals surface area (Å²) in [5.74, 6) is 2.73. The Morgan fingerprint density at radius 2 is 1.39 bits per heavy atom. The number of allylic oxidation sites excluding steroid dienone is 2. The summed E-state index contributed by atoms with van der Waals surface area (Å²) in [6.07, 6.45) is 15.5. The zero-order valence-electron chi connectivity index (χ0n) is 21.8. The second-order valence-electron chi connectivity index (χ2n) is 15.0. The highest BCUT2D eigenvalue weighted by Gasteiger charge is 2.69. The highest BCUT2D eigenvalue weighted by atomic mass is 16.1. The first-order valence-corrected chi connectivity index (χ1v) is 13.4. The summed E-state index contributed by atoms with van der Waals surface area (Å²) in [5, 5.41) is 0. The van der Waals surface area contributed by atoms with E-state index >= 15 is 0 Å². The molecule has 0 radical (unpaired) electrons. The van der Waals surface area contributed by atoms with Crippen molar-refractivity contribution in [2.75, 3.05) is 0 Å². The molecular weight excluding hydrogens is 376 g/mol. The van der Waals surface area contributed by atoms with Crippen LogP contribution in [0.2, 0.25) is 0 Å². The molecule has 4 fully saturated rings. The van der Waals surface area contributed by atoms with Crippen molar-refractivity contribution in [2.24, 2.45) is 50.2 Å². The molecule has 0 amide bonds. The average molecular weight is 425 g/mol. The quantitative estimate of drug-likeness (QED) is 0.357. The van der Waals surface area contributed by atoms with Crippen LogP contribution in [0, 0.1) is 50.2 Å². The fourth-order valence-electron chi connectivity index (χ4n) is 10.3. The summed E-state index contributed by atoms with van der Waals surface area (Å²) in [6.45, 7) is 20.2. The van der Waals surface area contributed by atoms with Gasteiger partial charge in [0.25, 0.3) is 0 Å². The van der Waals surface area contributed by atoms with Crippen LogP contribution < -0.4 is 0 Å². The normalized spacial score (nSPS) is 52.8. The minimum Gasteiger partial charge on any atom is -0.299 e. The van der Waals surface area contributed by atoms with Crippen molar-refractivity contribution in [2.45, 2.75) is 120 Å². The molecule has 4 saturated carbocycles. The molecule has 0 aromatic rings. The molecule has 174 valence electrons. The van der Waals surface area contributed by atoms with Gasteiger partial charge in [0.15, 0.2) is 0 Å². The van der Waals surface area contributed by atoms with Gasteiger partial charge in [0, 0.05) is 11.8 Å². The number of ketones is 1. The van der Waals surface area contributed by atoms with Crippen molar-refractivity contribution >= 4 is 5.78 Å². The number of hydrogen-bond acceptors (Lipinski definition) is 1. The first-order chi connectivity index (χ1) is 14.2. The van der Waals surface area contributed by atoms with Crippen LogP contribution in [-0.4, -0.2) is 5.78 Å². The summed E-state index contributed by atoms with van der Waals surface area (Å²) in [4.78, 5) is 12.8. The zero-order valence-corrected chi connectivity index (χ0v) is 21.8. The Balaban J connectivity index is 1.57. The van der Waals surface area contributed by atoms with Gasteiger partial charge >= 0.3 is 0 Å². The van der Waals surface area contributed by atoms with Crippen LogP contribution in [0.25, 0.3) is 0 Å². The Hall–Kier alpha value is -0.590. The van der Waals surface area contributed by atoms with Crippen LogP contribution in [0.4, 0.5) is 0 Å². The van der Waals surface area contributed by atoms with Crippen LogP contribution in [0.3, 0.4) is 0 Å². The molecule has 0 bridgehead atoms. The minimum atomic E-state index is -0.239. The zero-order chi connectivity index (χ0) is 22.7. The number of fused-ring (bicyclic) bond motifs is 7. The number of carbonyl (C=O) groups is 1. The fourth-order valence-corrected chi connectivity index (χ4v) is 10.3. The SMILES string of the molecule is CC1(C)CC[C@]2(C)CC[C@]3(C)C4CC=C5C(CCC(=O)C5(C)C)[C@]4(C)CC[C@@]3(C)C2C1. The van der Waals surface area contributed by atoms with E-state index in [1.165, 1.54) is 56.9 Å². The molecule has 7 atom stereocenters. The summed E-state index contributed by atoms with van der Waals surface area (Å²) in [6, 6.07) is 0. The molecule has 5 rings (SSSR count). The maximum Gasteiger partial charge on any atom is 0.142 e. The third-order valence-electron chi connectivity index (χ3n) is 12.8. The van der Waals surface area contributed by atoms with Gasteiger partial charge in [-0.05, 0) is 116 Å². The first-order valence-electron chi connectivity index (χ1n) is 13.4. The molecule has 5 aliphatic carbocycles. The van der Waals surface area contributed by atoms with E-state index < -0.39 is 0 Å². The van der Waals surface area contributed by atoms with Gasteiger partial charge in [-0.15, -0.1) is 0 Å². The largest absolute Gasteiger partial charge is 0.299 e. The number of hydrogen-bond donors (Lipinski definition) is 0. The molecule has 5 aliphatic rings. The van der Waals surface area contributed by atoms with Gasteiger partial charge < -0.3 is 0 Å². The fraction of sp³-hybridized carbons (Fsp3) is 0.900. The van der Waals surface area contributed by atoms with Crippen molar-refractivity contribution < 1.29 is 4.79 Å². The Bertz CT molecular complexity index is 831. The molecule has 0 heterocycles. The molecule has 0 aliphatic heterocycles. The molecule has 0 aromatic heterocycles. The first kappa shape index (κ1) is 22.2. The molecular formula is C30H48O. The standard InChI is InChI=1S/C30H48O/c1-25(2)13-14-27(5)15-17-29(7)22-11-9-20-21(10-12-24(31)26(20,3)4)28(22,6)16-18-30(29,8)23(27)19-25/h9,21-23H,10-19H2,1-8H3/t21?,22?,23?,27-,28+,29-,30+/m1/s1. The lowest BCUT2D eigenvalue weighted by atomic mass is 9.31. The maximum atomic E-state index is 12.8. The summed E-state index contributed by atoms with van der Waals surface area (Å²) < 4.78 is 0. The molecule has 0 aromatic carbocycles. The van der Waals surface area contributed by atoms with E-state index in [-0.39, 0.29) is 5.41 Å². The van der Waals surface area contributed by atoms with E-state index in [4.69, 9.17) is 0 Å². The van der Waals surface area contributed by atoms with Crippen molar-refractivity contribution in [1.82, 2.24) is 0 Å². The van der Waals surface area contributed by atoms with Gasteiger partial charge in [-0.2, -0.15) is 0 Å². The van der Waals surface area contributed by atoms with Gasteiger partial charge in [0.05, 0.1) is 0 Å². The van der Waals surface area contributed by atoms with Crippen molar-refractivity contribution in [3.63, 3.8) is 0 Å². The molecule has 0 N–H and O–H groups in total. The Morgan fingerprint density at radius 3 is 2.10 bits per heavy atom. The molecule has 1 heteroatoms. The molecule has 1 nitrogen and oxygen atoms in total. The Morgan fingerprint density at radius 1 is 0.774 bits per heavy atom. The molecule has 31 heavy (non-hydrogen) atoms. The van der Waals surface area contributed by atoms with E-state index in [0.29, 0.717) is 38.8 Å². The predicted molar refractivity (Wildman–Crippen MR) is 130 cm³/mol.